The molecule has 8 heteroatoms. The first-order chi connectivity index (χ1) is 13.9. The van der Waals surface area contributed by atoms with Gasteiger partial charge in [0.05, 0.1) is 6.54 Å². The van der Waals surface area contributed by atoms with E-state index < -0.39 is 6.04 Å². The van der Waals surface area contributed by atoms with E-state index in [1.54, 1.807) is 11.9 Å². The third-order valence-electron chi connectivity index (χ3n) is 5.70. The van der Waals surface area contributed by atoms with E-state index in [4.69, 9.17) is 5.10 Å². The first-order valence-corrected chi connectivity index (χ1v) is 9.98. The molecule has 1 N–H and O–H groups in total. The van der Waals surface area contributed by atoms with Crippen molar-refractivity contribution >= 4 is 17.6 Å². The fourth-order valence-corrected chi connectivity index (χ4v) is 4.35. The van der Waals surface area contributed by atoms with Crippen LogP contribution in [0, 0.1) is 6.92 Å². The molecule has 29 heavy (non-hydrogen) atoms. The Hall–Kier alpha value is -2.71. The van der Waals surface area contributed by atoms with E-state index >= 15 is 0 Å². The van der Waals surface area contributed by atoms with Gasteiger partial charge in [0, 0.05) is 25.8 Å². The quantitative estimate of drug-likeness (QED) is 0.782. The highest BCUT2D eigenvalue weighted by atomic mass is 16.2. The van der Waals surface area contributed by atoms with Crippen molar-refractivity contribution in [2.45, 2.75) is 45.8 Å². The van der Waals surface area contributed by atoms with Gasteiger partial charge in [0.2, 0.25) is 0 Å². The van der Waals surface area contributed by atoms with Gasteiger partial charge in [-0.2, -0.15) is 5.10 Å². The van der Waals surface area contributed by atoms with E-state index in [2.05, 4.69) is 35.3 Å². The Kier molecular flexibility index (Phi) is 5.14. The molecular weight excluding hydrogens is 368 g/mol. The van der Waals surface area contributed by atoms with Crippen molar-refractivity contribution in [3.63, 3.8) is 0 Å². The molecule has 0 spiro atoms. The molecular formula is C21H28N6O2. The lowest BCUT2D eigenvalue weighted by Gasteiger charge is -2.42. The van der Waals surface area contributed by atoms with Crippen molar-refractivity contribution in [1.82, 2.24) is 25.0 Å². The molecule has 3 atom stereocenters. The number of urea groups is 1. The van der Waals surface area contributed by atoms with Crippen molar-refractivity contribution in [2.75, 3.05) is 20.1 Å². The van der Waals surface area contributed by atoms with E-state index in [9.17, 15) is 9.59 Å². The lowest BCUT2D eigenvalue weighted by atomic mass is 10.1. The largest absolute Gasteiger partial charge is 0.328 e. The molecule has 3 unspecified atom stereocenters. The summed E-state index contributed by atoms with van der Waals surface area (Å²) >= 11 is 0. The number of aryl methyl sites for hydroxylation is 1. The second-order valence-corrected chi connectivity index (χ2v) is 7.94. The van der Waals surface area contributed by atoms with Crippen molar-refractivity contribution in [1.29, 1.82) is 0 Å². The third kappa shape index (κ3) is 3.42. The molecule has 3 aliphatic heterocycles. The lowest BCUT2D eigenvalue weighted by Crippen LogP contribution is -2.66. The molecule has 4 rings (SSSR count). The fraction of sp³-hybridized carbons (Fsp3) is 0.476. The summed E-state index contributed by atoms with van der Waals surface area (Å²) in [5.74, 6) is -0.156. The van der Waals surface area contributed by atoms with Crippen molar-refractivity contribution < 1.29 is 9.59 Å². The molecule has 3 heterocycles. The molecule has 0 bridgehead atoms. The number of allylic oxidation sites excluding steroid dienone is 1. The first-order valence-electron chi connectivity index (χ1n) is 9.98. The van der Waals surface area contributed by atoms with Crippen LogP contribution in [0.25, 0.3) is 0 Å². The number of nitrogens with zero attached hydrogens (tertiary/aromatic N) is 5. The fourth-order valence-electron chi connectivity index (χ4n) is 4.35. The summed E-state index contributed by atoms with van der Waals surface area (Å²) < 4.78 is 0. The van der Waals surface area contributed by atoms with E-state index in [1.165, 1.54) is 10.5 Å². The number of carbonyl (C=O) groups excluding carboxylic acids is 2. The minimum Gasteiger partial charge on any atom is -0.310 e. The molecule has 0 aliphatic carbocycles. The van der Waals surface area contributed by atoms with Crippen LogP contribution < -0.4 is 5.32 Å². The predicted molar refractivity (Wildman–Crippen MR) is 111 cm³/mol. The Bertz CT molecular complexity index is 882. The Balaban J connectivity index is 1.62. The first kappa shape index (κ1) is 19.6. The van der Waals surface area contributed by atoms with E-state index in [0.29, 0.717) is 19.6 Å². The molecule has 1 aromatic rings. The van der Waals surface area contributed by atoms with Crippen LogP contribution in [0.3, 0.4) is 0 Å². The number of rotatable bonds is 4. The lowest BCUT2D eigenvalue weighted by molar-refractivity contribution is -0.138. The van der Waals surface area contributed by atoms with Gasteiger partial charge in [-0.1, -0.05) is 42.0 Å². The standard InChI is InChI=1S/C21H28N6O2/c1-5-6-10-25-19(28)17-18(24(4)21(25)29)22-20-26(17)12-15(3)23-27(20)13-16-9-7-8-14(2)11-16/h5-9,11,17-18,20,22H,10,12-13H2,1-4H3/b6-5+. The number of imide groups is 1. The zero-order valence-electron chi connectivity index (χ0n) is 17.4. The zero-order valence-corrected chi connectivity index (χ0v) is 17.4. The van der Waals surface area contributed by atoms with Crippen molar-refractivity contribution in [3.05, 3.63) is 47.5 Å². The number of benzene rings is 1. The topological polar surface area (TPSA) is 71.5 Å². The molecule has 1 aromatic carbocycles. The van der Waals surface area contributed by atoms with Crippen LogP contribution in [0.2, 0.25) is 0 Å². The number of carbonyl (C=O) groups is 2. The predicted octanol–water partition coefficient (Wildman–Crippen LogP) is 1.54. The summed E-state index contributed by atoms with van der Waals surface area (Å²) in [6, 6.07) is 7.63. The van der Waals surface area contributed by atoms with Gasteiger partial charge in [-0.3, -0.25) is 20.0 Å². The summed E-state index contributed by atoms with van der Waals surface area (Å²) in [5, 5.41) is 10.2. The van der Waals surface area contributed by atoms with E-state index in [-0.39, 0.29) is 24.4 Å². The van der Waals surface area contributed by atoms with Gasteiger partial charge >= 0.3 is 6.03 Å². The molecule has 2 saturated heterocycles. The SMILES string of the molecule is C/C=C/CN1C(=O)C2C(NC3N(Cc4cccc(C)c4)N=C(C)CN23)N(C)C1=O. The Morgan fingerprint density at radius 2 is 2.07 bits per heavy atom. The highest BCUT2D eigenvalue weighted by molar-refractivity contribution is 6.01. The molecule has 3 aliphatic rings. The van der Waals surface area contributed by atoms with Gasteiger partial charge < -0.3 is 4.90 Å². The molecule has 0 radical (unpaired) electrons. The number of hydrazone groups is 1. The third-order valence-corrected chi connectivity index (χ3v) is 5.70. The number of hydrogen-bond donors (Lipinski definition) is 1. The summed E-state index contributed by atoms with van der Waals surface area (Å²) in [7, 11) is 1.75. The van der Waals surface area contributed by atoms with Gasteiger partial charge in [0.25, 0.3) is 5.91 Å². The summed E-state index contributed by atoms with van der Waals surface area (Å²) in [6.45, 7) is 7.44. The normalized spacial score (nSPS) is 27.5. The summed E-state index contributed by atoms with van der Waals surface area (Å²) in [5.41, 5.74) is 3.31. The van der Waals surface area contributed by atoms with Gasteiger partial charge in [-0.25, -0.2) is 9.69 Å². The van der Waals surface area contributed by atoms with Gasteiger partial charge in [0.15, 0.2) is 6.29 Å². The van der Waals surface area contributed by atoms with Gasteiger partial charge in [0.1, 0.15) is 12.2 Å². The maximum Gasteiger partial charge on any atom is 0.328 e. The molecule has 154 valence electrons. The monoisotopic (exact) mass is 396 g/mol. The number of fused-ring (bicyclic) bond motifs is 3. The number of nitrogens with one attached hydrogen (secondary N) is 1. The molecule has 8 nitrogen and oxygen atoms in total. The van der Waals surface area contributed by atoms with Crippen LogP contribution >= 0.6 is 0 Å². The van der Waals surface area contributed by atoms with Crippen LogP contribution in [-0.2, 0) is 11.3 Å². The van der Waals surface area contributed by atoms with Crippen LogP contribution in [0.5, 0.6) is 0 Å². The molecule has 3 amide bonds. The Morgan fingerprint density at radius 3 is 2.79 bits per heavy atom. The minimum atomic E-state index is -0.432. The highest BCUT2D eigenvalue weighted by Crippen LogP contribution is 2.30. The highest BCUT2D eigenvalue weighted by Gasteiger charge is 2.56. The second-order valence-electron chi connectivity index (χ2n) is 7.94. The Labute approximate surface area is 171 Å². The zero-order chi connectivity index (χ0) is 20.7. The average molecular weight is 396 g/mol. The number of amides is 3. The Morgan fingerprint density at radius 1 is 1.28 bits per heavy atom. The summed E-state index contributed by atoms with van der Waals surface area (Å²) in [4.78, 5) is 31.1. The summed E-state index contributed by atoms with van der Waals surface area (Å²) in [6.07, 6.45) is 3.07. The smallest absolute Gasteiger partial charge is 0.310 e. The molecule has 0 saturated carbocycles. The van der Waals surface area contributed by atoms with Gasteiger partial charge in [-0.05, 0) is 26.3 Å². The van der Waals surface area contributed by atoms with Crippen LogP contribution in [-0.4, -0.2) is 76.0 Å². The van der Waals surface area contributed by atoms with Crippen LogP contribution in [0.4, 0.5) is 4.79 Å². The second kappa shape index (κ2) is 7.61. The average Bonchev–Trinajstić information content (AvgIpc) is 3.06. The van der Waals surface area contributed by atoms with Crippen LogP contribution in [0.15, 0.2) is 41.5 Å². The van der Waals surface area contributed by atoms with Crippen LogP contribution in [0.1, 0.15) is 25.0 Å². The molecule has 0 aromatic heterocycles. The van der Waals surface area contributed by atoms with E-state index in [1.807, 2.05) is 37.1 Å². The molecule has 2 fully saturated rings. The van der Waals surface area contributed by atoms with Crippen molar-refractivity contribution in [3.8, 4) is 0 Å². The van der Waals surface area contributed by atoms with Crippen molar-refractivity contribution in [2.24, 2.45) is 5.10 Å². The minimum absolute atomic E-state index is 0.156. The maximum absolute atomic E-state index is 13.2. The number of likely N-dealkylation sites (N-methyl/N-ethyl adjacent to an activating group) is 1. The maximum atomic E-state index is 13.2. The number of hydrogen-bond acceptors (Lipinski definition) is 6. The van der Waals surface area contributed by atoms with Gasteiger partial charge in [-0.15, -0.1) is 0 Å². The van der Waals surface area contributed by atoms with E-state index in [0.717, 1.165) is 11.3 Å².